The van der Waals surface area contributed by atoms with E-state index in [9.17, 15) is 0 Å². The van der Waals surface area contributed by atoms with Crippen molar-refractivity contribution >= 4 is 31.9 Å². The van der Waals surface area contributed by atoms with Gasteiger partial charge in [0.25, 0.3) is 0 Å². The van der Waals surface area contributed by atoms with E-state index in [4.69, 9.17) is 4.74 Å². The first-order chi connectivity index (χ1) is 7.70. The molecule has 2 aromatic rings. The van der Waals surface area contributed by atoms with Gasteiger partial charge in [0.1, 0.15) is 0 Å². The van der Waals surface area contributed by atoms with E-state index in [1.165, 1.54) is 0 Å². The lowest BCUT2D eigenvalue weighted by molar-refractivity contribution is 0.389. The summed E-state index contributed by atoms with van der Waals surface area (Å²) < 4.78 is 6.86. The van der Waals surface area contributed by atoms with Crippen molar-refractivity contribution in [2.24, 2.45) is 0 Å². The van der Waals surface area contributed by atoms with E-state index in [0.29, 0.717) is 5.88 Å². The second kappa shape index (κ2) is 4.93. The zero-order valence-electron chi connectivity index (χ0n) is 8.45. The summed E-state index contributed by atoms with van der Waals surface area (Å²) in [4.78, 5) is 0. The molecule has 1 aromatic carbocycles. The Hall–Kier alpha value is -0.940. The van der Waals surface area contributed by atoms with Crippen molar-refractivity contribution in [3.05, 3.63) is 39.3 Å². The highest BCUT2D eigenvalue weighted by Gasteiger charge is 2.06. The molecule has 0 saturated carbocycles. The lowest BCUT2D eigenvalue weighted by Gasteiger charge is -2.04. The third-order valence-electron chi connectivity index (χ3n) is 2.05. The number of hydrogen-bond acceptors (Lipinski definition) is 3. The fourth-order valence-corrected chi connectivity index (χ4v) is 1.98. The van der Waals surface area contributed by atoms with Crippen LogP contribution in [0.1, 0.15) is 0 Å². The van der Waals surface area contributed by atoms with Gasteiger partial charge < -0.3 is 4.74 Å². The minimum Gasteiger partial charge on any atom is -0.479 e. The Kier molecular flexibility index (Phi) is 3.56. The maximum atomic E-state index is 5.03. The third kappa shape index (κ3) is 2.41. The van der Waals surface area contributed by atoms with Crippen LogP contribution < -0.4 is 4.74 Å². The highest BCUT2D eigenvalue weighted by Crippen LogP contribution is 2.26. The Bertz CT molecular complexity index is 500. The van der Waals surface area contributed by atoms with Gasteiger partial charge in [-0.3, -0.25) is 0 Å². The van der Waals surface area contributed by atoms with E-state index in [2.05, 4.69) is 42.1 Å². The van der Waals surface area contributed by atoms with Gasteiger partial charge in [-0.05, 0) is 34.1 Å². The number of rotatable bonds is 2. The standard InChI is InChI=1S/C11H8Br2N2O/c1-16-11-9(13)6-10(14-15-11)7-2-4-8(12)5-3-7/h2-6H,1H3. The van der Waals surface area contributed by atoms with Crippen molar-refractivity contribution in [3.63, 3.8) is 0 Å². The summed E-state index contributed by atoms with van der Waals surface area (Å²) in [6.45, 7) is 0. The first-order valence-corrected chi connectivity index (χ1v) is 6.12. The topological polar surface area (TPSA) is 35.0 Å². The quantitative estimate of drug-likeness (QED) is 0.834. The Morgan fingerprint density at radius 3 is 2.31 bits per heavy atom. The molecule has 0 radical (unpaired) electrons. The minimum absolute atomic E-state index is 0.487. The summed E-state index contributed by atoms with van der Waals surface area (Å²) in [5, 5.41) is 8.05. The van der Waals surface area contributed by atoms with Gasteiger partial charge >= 0.3 is 0 Å². The van der Waals surface area contributed by atoms with Gasteiger partial charge in [0, 0.05) is 10.0 Å². The van der Waals surface area contributed by atoms with Crippen molar-refractivity contribution < 1.29 is 4.74 Å². The predicted molar refractivity (Wildman–Crippen MR) is 69.4 cm³/mol. The lowest BCUT2D eigenvalue weighted by Crippen LogP contribution is -1.93. The number of hydrogen-bond donors (Lipinski definition) is 0. The zero-order chi connectivity index (χ0) is 11.5. The number of benzene rings is 1. The molecule has 0 aliphatic rings. The molecule has 5 heteroatoms. The summed E-state index contributed by atoms with van der Waals surface area (Å²) in [6, 6.07) is 9.78. The number of nitrogens with zero attached hydrogens (tertiary/aromatic N) is 2. The van der Waals surface area contributed by atoms with Gasteiger partial charge in [-0.25, -0.2) is 0 Å². The molecule has 0 bridgehead atoms. The molecule has 1 aromatic heterocycles. The molecular weight excluding hydrogens is 336 g/mol. The van der Waals surface area contributed by atoms with E-state index >= 15 is 0 Å². The average molecular weight is 344 g/mol. The lowest BCUT2D eigenvalue weighted by atomic mass is 10.1. The SMILES string of the molecule is COc1nnc(-c2ccc(Br)cc2)cc1Br. The van der Waals surface area contributed by atoms with Gasteiger partial charge in [0.15, 0.2) is 0 Å². The molecule has 82 valence electrons. The predicted octanol–water partition coefficient (Wildman–Crippen LogP) is 3.68. The molecule has 2 rings (SSSR count). The summed E-state index contributed by atoms with van der Waals surface area (Å²) >= 11 is 6.77. The maximum absolute atomic E-state index is 5.03. The highest BCUT2D eigenvalue weighted by atomic mass is 79.9. The van der Waals surface area contributed by atoms with Crippen LogP contribution in [0.15, 0.2) is 39.3 Å². The zero-order valence-corrected chi connectivity index (χ0v) is 11.6. The van der Waals surface area contributed by atoms with Crippen molar-refractivity contribution in [2.75, 3.05) is 7.11 Å². The minimum atomic E-state index is 0.487. The molecule has 0 spiro atoms. The van der Waals surface area contributed by atoms with Crippen molar-refractivity contribution in [1.82, 2.24) is 10.2 Å². The van der Waals surface area contributed by atoms with Crippen LogP contribution in [0, 0.1) is 0 Å². The first kappa shape index (κ1) is 11.5. The molecule has 0 aliphatic carbocycles. The summed E-state index contributed by atoms with van der Waals surface area (Å²) in [5.74, 6) is 0.487. The maximum Gasteiger partial charge on any atom is 0.247 e. The largest absolute Gasteiger partial charge is 0.479 e. The Morgan fingerprint density at radius 2 is 1.75 bits per heavy atom. The van der Waals surface area contributed by atoms with Gasteiger partial charge in [-0.2, -0.15) is 0 Å². The van der Waals surface area contributed by atoms with Gasteiger partial charge in [0.05, 0.1) is 17.3 Å². The highest BCUT2D eigenvalue weighted by molar-refractivity contribution is 9.10. The molecule has 0 fully saturated rings. The van der Waals surface area contributed by atoms with E-state index in [-0.39, 0.29) is 0 Å². The van der Waals surface area contributed by atoms with E-state index in [0.717, 1.165) is 20.2 Å². The van der Waals surface area contributed by atoms with Crippen LogP contribution in [0.2, 0.25) is 0 Å². The molecule has 0 N–H and O–H groups in total. The fourth-order valence-electron chi connectivity index (χ4n) is 1.26. The molecule has 1 heterocycles. The van der Waals surface area contributed by atoms with Gasteiger partial charge in [-0.15, -0.1) is 10.2 Å². The van der Waals surface area contributed by atoms with Crippen LogP contribution >= 0.6 is 31.9 Å². The molecular formula is C11H8Br2N2O. The second-order valence-corrected chi connectivity index (χ2v) is 4.86. The fraction of sp³-hybridized carbons (Fsp3) is 0.0909. The average Bonchev–Trinajstić information content (AvgIpc) is 2.30. The van der Waals surface area contributed by atoms with E-state index in [1.54, 1.807) is 7.11 Å². The van der Waals surface area contributed by atoms with Crippen LogP contribution in [0.4, 0.5) is 0 Å². The van der Waals surface area contributed by atoms with Crippen molar-refractivity contribution in [2.45, 2.75) is 0 Å². The van der Waals surface area contributed by atoms with Gasteiger partial charge in [-0.1, -0.05) is 28.1 Å². The summed E-state index contributed by atoms with van der Waals surface area (Å²) in [7, 11) is 1.56. The molecule has 0 saturated heterocycles. The molecule has 0 atom stereocenters. The van der Waals surface area contributed by atoms with Crippen molar-refractivity contribution in [1.29, 1.82) is 0 Å². The first-order valence-electron chi connectivity index (χ1n) is 4.54. The second-order valence-electron chi connectivity index (χ2n) is 3.09. The van der Waals surface area contributed by atoms with E-state index in [1.807, 2.05) is 30.3 Å². The van der Waals surface area contributed by atoms with Crippen LogP contribution in [-0.4, -0.2) is 17.3 Å². The number of methoxy groups -OCH3 is 1. The van der Waals surface area contributed by atoms with E-state index < -0.39 is 0 Å². The van der Waals surface area contributed by atoms with Crippen LogP contribution in [0.3, 0.4) is 0 Å². The number of aromatic nitrogens is 2. The molecule has 0 unspecified atom stereocenters. The Labute approximate surface area is 110 Å². The van der Waals surface area contributed by atoms with Crippen LogP contribution in [0.5, 0.6) is 5.88 Å². The van der Waals surface area contributed by atoms with Gasteiger partial charge in [0.2, 0.25) is 5.88 Å². The number of halogens is 2. The summed E-state index contributed by atoms with van der Waals surface area (Å²) in [6.07, 6.45) is 0. The monoisotopic (exact) mass is 342 g/mol. The molecule has 3 nitrogen and oxygen atoms in total. The Balaban J connectivity index is 2.41. The molecule has 0 amide bonds. The molecule has 0 aliphatic heterocycles. The van der Waals surface area contributed by atoms with Crippen LogP contribution in [-0.2, 0) is 0 Å². The molecule has 16 heavy (non-hydrogen) atoms. The normalized spacial score (nSPS) is 10.2. The third-order valence-corrected chi connectivity index (χ3v) is 3.15. The van der Waals surface area contributed by atoms with Crippen molar-refractivity contribution in [3.8, 4) is 17.1 Å². The summed E-state index contributed by atoms with van der Waals surface area (Å²) in [5.41, 5.74) is 1.82. The smallest absolute Gasteiger partial charge is 0.247 e. The number of ether oxygens (including phenoxy) is 1. The Morgan fingerprint density at radius 1 is 1.06 bits per heavy atom. The van der Waals surface area contributed by atoms with Crippen LogP contribution in [0.25, 0.3) is 11.3 Å².